The molecular formula is C16H23NO2. The van der Waals surface area contributed by atoms with Crippen LogP contribution in [0.3, 0.4) is 0 Å². The fourth-order valence-corrected chi connectivity index (χ4v) is 2.64. The molecule has 0 bridgehead atoms. The summed E-state index contributed by atoms with van der Waals surface area (Å²) in [5.41, 5.74) is 0. The van der Waals surface area contributed by atoms with E-state index in [1.807, 2.05) is 37.3 Å². The number of hydrogen-bond donors (Lipinski definition) is 1. The van der Waals surface area contributed by atoms with Gasteiger partial charge in [0.1, 0.15) is 5.75 Å². The Bertz CT molecular complexity index is 383. The Kier molecular flexibility index (Phi) is 5.25. The van der Waals surface area contributed by atoms with Crippen molar-refractivity contribution in [3.05, 3.63) is 30.3 Å². The molecule has 0 heterocycles. The molecule has 0 atom stereocenters. The SMILES string of the molecule is CCNC(=O)C1CCC(COc2ccccc2)CC1. The van der Waals surface area contributed by atoms with Gasteiger partial charge in [-0.2, -0.15) is 0 Å². The van der Waals surface area contributed by atoms with Crippen LogP contribution in [-0.2, 0) is 4.79 Å². The molecule has 0 aromatic heterocycles. The number of carbonyl (C=O) groups is 1. The molecule has 0 radical (unpaired) electrons. The minimum Gasteiger partial charge on any atom is -0.493 e. The number of nitrogens with one attached hydrogen (secondary N) is 1. The summed E-state index contributed by atoms with van der Waals surface area (Å²) in [6, 6.07) is 9.94. The van der Waals surface area contributed by atoms with Gasteiger partial charge in [0.25, 0.3) is 0 Å². The molecule has 2 rings (SSSR count). The summed E-state index contributed by atoms with van der Waals surface area (Å²) in [6.45, 7) is 3.47. The molecule has 1 aromatic carbocycles. The summed E-state index contributed by atoms with van der Waals surface area (Å²) in [4.78, 5) is 11.7. The third kappa shape index (κ3) is 4.27. The Labute approximate surface area is 115 Å². The molecule has 3 nitrogen and oxygen atoms in total. The minimum absolute atomic E-state index is 0.216. The molecular weight excluding hydrogens is 238 g/mol. The zero-order chi connectivity index (χ0) is 13.5. The van der Waals surface area contributed by atoms with Gasteiger partial charge >= 0.3 is 0 Å². The van der Waals surface area contributed by atoms with Crippen LogP contribution >= 0.6 is 0 Å². The van der Waals surface area contributed by atoms with E-state index in [-0.39, 0.29) is 11.8 Å². The van der Waals surface area contributed by atoms with E-state index in [2.05, 4.69) is 5.32 Å². The molecule has 1 aliphatic rings. The van der Waals surface area contributed by atoms with Crippen molar-refractivity contribution in [2.75, 3.05) is 13.2 Å². The lowest BCUT2D eigenvalue weighted by atomic mass is 9.82. The van der Waals surface area contributed by atoms with Gasteiger partial charge in [0.15, 0.2) is 0 Å². The third-order valence-electron chi connectivity index (χ3n) is 3.80. The molecule has 0 saturated heterocycles. The highest BCUT2D eigenvalue weighted by atomic mass is 16.5. The van der Waals surface area contributed by atoms with Crippen LogP contribution in [0.1, 0.15) is 32.6 Å². The number of ether oxygens (including phenoxy) is 1. The predicted molar refractivity (Wildman–Crippen MR) is 76.1 cm³/mol. The zero-order valence-corrected chi connectivity index (χ0v) is 11.6. The molecule has 1 fully saturated rings. The molecule has 104 valence electrons. The van der Waals surface area contributed by atoms with E-state index in [4.69, 9.17) is 4.74 Å². The highest BCUT2D eigenvalue weighted by molar-refractivity contribution is 5.78. The second-order valence-corrected chi connectivity index (χ2v) is 5.24. The molecule has 1 aliphatic carbocycles. The average molecular weight is 261 g/mol. The van der Waals surface area contributed by atoms with Crippen molar-refractivity contribution in [1.82, 2.24) is 5.32 Å². The lowest BCUT2D eigenvalue weighted by Crippen LogP contribution is -2.33. The van der Waals surface area contributed by atoms with Crippen molar-refractivity contribution in [3.8, 4) is 5.75 Å². The first kappa shape index (κ1) is 13.9. The zero-order valence-electron chi connectivity index (χ0n) is 11.6. The van der Waals surface area contributed by atoms with E-state index in [1.54, 1.807) is 0 Å². The van der Waals surface area contributed by atoms with Crippen molar-refractivity contribution in [1.29, 1.82) is 0 Å². The van der Waals surface area contributed by atoms with Gasteiger partial charge in [-0.15, -0.1) is 0 Å². The van der Waals surface area contributed by atoms with E-state index in [0.717, 1.165) is 44.6 Å². The van der Waals surface area contributed by atoms with Crippen molar-refractivity contribution in [3.63, 3.8) is 0 Å². The van der Waals surface area contributed by atoms with Gasteiger partial charge in [-0.1, -0.05) is 18.2 Å². The van der Waals surface area contributed by atoms with Crippen molar-refractivity contribution >= 4 is 5.91 Å². The summed E-state index contributed by atoms with van der Waals surface area (Å²) in [7, 11) is 0. The van der Waals surface area contributed by atoms with E-state index in [1.165, 1.54) is 0 Å². The van der Waals surface area contributed by atoms with E-state index in [0.29, 0.717) is 5.92 Å². The number of amides is 1. The smallest absolute Gasteiger partial charge is 0.223 e. The maximum atomic E-state index is 11.7. The van der Waals surface area contributed by atoms with Crippen LogP contribution in [0.2, 0.25) is 0 Å². The first-order valence-electron chi connectivity index (χ1n) is 7.25. The Morgan fingerprint density at radius 1 is 1.21 bits per heavy atom. The van der Waals surface area contributed by atoms with Crippen LogP contribution in [0.25, 0.3) is 0 Å². The van der Waals surface area contributed by atoms with E-state index < -0.39 is 0 Å². The van der Waals surface area contributed by atoms with Crippen LogP contribution < -0.4 is 10.1 Å². The van der Waals surface area contributed by atoms with E-state index >= 15 is 0 Å². The maximum absolute atomic E-state index is 11.7. The summed E-state index contributed by atoms with van der Waals surface area (Å²) in [5.74, 6) is 1.97. The molecule has 0 unspecified atom stereocenters. The topological polar surface area (TPSA) is 38.3 Å². The Morgan fingerprint density at radius 3 is 2.53 bits per heavy atom. The van der Waals surface area contributed by atoms with Crippen LogP contribution in [0.15, 0.2) is 30.3 Å². The van der Waals surface area contributed by atoms with Crippen LogP contribution in [0.4, 0.5) is 0 Å². The number of rotatable bonds is 5. The number of hydrogen-bond acceptors (Lipinski definition) is 2. The molecule has 1 N–H and O–H groups in total. The Balaban J connectivity index is 1.70. The molecule has 1 saturated carbocycles. The largest absolute Gasteiger partial charge is 0.493 e. The molecule has 3 heteroatoms. The van der Waals surface area contributed by atoms with Gasteiger partial charge in [0.2, 0.25) is 5.91 Å². The van der Waals surface area contributed by atoms with Crippen LogP contribution in [-0.4, -0.2) is 19.1 Å². The normalized spacial score (nSPS) is 22.8. The summed E-state index contributed by atoms with van der Waals surface area (Å²) >= 11 is 0. The second-order valence-electron chi connectivity index (χ2n) is 5.24. The third-order valence-corrected chi connectivity index (χ3v) is 3.80. The van der Waals surface area contributed by atoms with Crippen LogP contribution in [0, 0.1) is 11.8 Å². The quantitative estimate of drug-likeness (QED) is 0.885. The monoisotopic (exact) mass is 261 g/mol. The van der Waals surface area contributed by atoms with Gasteiger partial charge in [-0.25, -0.2) is 0 Å². The molecule has 0 spiro atoms. The first-order valence-corrected chi connectivity index (χ1v) is 7.25. The van der Waals surface area contributed by atoms with Crippen molar-refractivity contribution in [2.45, 2.75) is 32.6 Å². The summed E-state index contributed by atoms with van der Waals surface area (Å²) < 4.78 is 5.79. The highest BCUT2D eigenvalue weighted by Gasteiger charge is 2.26. The molecule has 0 aliphatic heterocycles. The molecule has 1 aromatic rings. The first-order chi connectivity index (χ1) is 9.29. The van der Waals surface area contributed by atoms with Crippen molar-refractivity contribution in [2.24, 2.45) is 11.8 Å². The van der Waals surface area contributed by atoms with Gasteiger partial charge in [-0.3, -0.25) is 4.79 Å². The van der Waals surface area contributed by atoms with Gasteiger partial charge < -0.3 is 10.1 Å². The number of carbonyl (C=O) groups excluding carboxylic acids is 1. The van der Waals surface area contributed by atoms with Gasteiger partial charge in [0, 0.05) is 12.5 Å². The van der Waals surface area contributed by atoms with Gasteiger partial charge in [-0.05, 0) is 50.7 Å². The molecule has 1 amide bonds. The maximum Gasteiger partial charge on any atom is 0.223 e. The van der Waals surface area contributed by atoms with Gasteiger partial charge in [0.05, 0.1) is 6.61 Å². The van der Waals surface area contributed by atoms with E-state index in [9.17, 15) is 4.79 Å². The summed E-state index contributed by atoms with van der Waals surface area (Å²) in [5, 5.41) is 2.92. The summed E-state index contributed by atoms with van der Waals surface area (Å²) in [6.07, 6.45) is 4.17. The predicted octanol–water partition coefficient (Wildman–Crippen LogP) is 3.01. The lowest BCUT2D eigenvalue weighted by molar-refractivity contribution is -0.126. The fraction of sp³-hybridized carbons (Fsp3) is 0.562. The standard InChI is InChI=1S/C16H23NO2/c1-2-17-16(18)14-10-8-13(9-11-14)12-19-15-6-4-3-5-7-15/h3-7,13-14H,2,8-12H2,1H3,(H,17,18). The lowest BCUT2D eigenvalue weighted by Gasteiger charge is -2.27. The van der Waals surface area contributed by atoms with Crippen LogP contribution in [0.5, 0.6) is 5.75 Å². The Hall–Kier alpha value is -1.51. The Morgan fingerprint density at radius 2 is 1.89 bits per heavy atom. The number of benzene rings is 1. The fourth-order valence-electron chi connectivity index (χ4n) is 2.64. The molecule has 19 heavy (non-hydrogen) atoms. The minimum atomic E-state index is 0.216. The average Bonchev–Trinajstić information content (AvgIpc) is 2.47. The highest BCUT2D eigenvalue weighted by Crippen LogP contribution is 2.29. The number of para-hydroxylation sites is 1. The second kappa shape index (κ2) is 7.17. The van der Waals surface area contributed by atoms with Crippen molar-refractivity contribution < 1.29 is 9.53 Å².